The van der Waals surface area contributed by atoms with Gasteiger partial charge in [-0.1, -0.05) is 13.3 Å². The molecular formula is C14H17N3O. The van der Waals surface area contributed by atoms with Gasteiger partial charge in [0.25, 0.3) is 0 Å². The Kier molecular flexibility index (Phi) is 3.77. The molecule has 0 aliphatic heterocycles. The number of nitrogens with one attached hydrogen (secondary N) is 1. The number of rotatable bonds is 4. The van der Waals surface area contributed by atoms with Crippen LogP contribution >= 0.6 is 0 Å². The van der Waals surface area contributed by atoms with Gasteiger partial charge in [0.05, 0.1) is 16.9 Å². The molecule has 0 aliphatic carbocycles. The van der Waals surface area contributed by atoms with Crippen LogP contribution in [0.1, 0.15) is 26.2 Å². The largest absolute Gasteiger partial charge is 0.397 e. The normalized spacial score (nSPS) is 10.5. The van der Waals surface area contributed by atoms with Crippen molar-refractivity contribution in [3.63, 3.8) is 0 Å². The fraction of sp³-hybridized carbons (Fsp3) is 0.286. The molecule has 0 bridgehead atoms. The first-order valence-corrected chi connectivity index (χ1v) is 6.15. The Bertz CT molecular complexity index is 566. The first kappa shape index (κ1) is 12.4. The quantitative estimate of drug-likeness (QED) is 0.811. The van der Waals surface area contributed by atoms with Gasteiger partial charge in [-0.05, 0) is 30.7 Å². The molecule has 0 radical (unpaired) electrons. The number of hydrogen-bond acceptors (Lipinski definition) is 3. The van der Waals surface area contributed by atoms with Crippen molar-refractivity contribution in [2.45, 2.75) is 26.2 Å². The fourth-order valence-corrected chi connectivity index (χ4v) is 1.85. The number of hydrogen-bond donors (Lipinski definition) is 2. The van der Waals surface area contributed by atoms with Crippen LogP contribution in [0.2, 0.25) is 0 Å². The van der Waals surface area contributed by atoms with E-state index in [-0.39, 0.29) is 5.91 Å². The molecule has 3 N–H and O–H groups in total. The summed E-state index contributed by atoms with van der Waals surface area (Å²) in [6, 6.07) is 7.34. The van der Waals surface area contributed by atoms with Gasteiger partial charge in [-0.15, -0.1) is 0 Å². The molecule has 1 heterocycles. The molecule has 0 fully saturated rings. The topological polar surface area (TPSA) is 68.0 Å². The van der Waals surface area contributed by atoms with E-state index in [2.05, 4.69) is 17.2 Å². The van der Waals surface area contributed by atoms with Crippen molar-refractivity contribution in [1.29, 1.82) is 0 Å². The van der Waals surface area contributed by atoms with Gasteiger partial charge in [-0.3, -0.25) is 9.78 Å². The minimum absolute atomic E-state index is 0.0341. The zero-order valence-electron chi connectivity index (χ0n) is 10.4. The van der Waals surface area contributed by atoms with Crippen molar-refractivity contribution in [2.75, 3.05) is 11.1 Å². The molecule has 0 unspecified atom stereocenters. The van der Waals surface area contributed by atoms with Crippen LogP contribution in [-0.4, -0.2) is 10.9 Å². The molecule has 1 aromatic heterocycles. The summed E-state index contributed by atoms with van der Waals surface area (Å²) in [7, 11) is 0. The number of anilines is 2. The summed E-state index contributed by atoms with van der Waals surface area (Å²) in [6.45, 7) is 2.07. The highest BCUT2D eigenvalue weighted by Crippen LogP contribution is 2.26. The molecule has 2 aromatic rings. The molecule has 4 nitrogen and oxygen atoms in total. The van der Waals surface area contributed by atoms with Crippen LogP contribution in [0.4, 0.5) is 11.4 Å². The second-order valence-electron chi connectivity index (χ2n) is 4.25. The Morgan fingerprint density at radius 2 is 2.22 bits per heavy atom. The highest BCUT2D eigenvalue weighted by atomic mass is 16.1. The number of carbonyl (C=O) groups is 1. The van der Waals surface area contributed by atoms with E-state index in [1.165, 1.54) is 0 Å². The number of amides is 1. The maximum absolute atomic E-state index is 11.7. The first-order chi connectivity index (χ1) is 8.72. The third-order valence-corrected chi connectivity index (χ3v) is 2.83. The van der Waals surface area contributed by atoms with Crippen molar-refractivity contribution in [2.24, 2.45) is 0 Å². The molecule has 2 rings (SSSR count). The maximum atomic E-state index is 11.7. The van der Waals surface area contributed by atoms with Gasteiger partial charge in [0.15, 0.2) is 0 Å². The summed E-state index contributed by atoms with van der Waals surface area (Å²) >= 11 is 0. The van der Waals surface area contributed by atoms with Gasteiger partial charge >= 0.3 is 0 Å². The summed E-state index contributed by atoms with van der Waals surface area (Å²) in [5.41, 5.74) is 7.98. The van der Waals surface area contributed by atoms with Crippen LogP contribution in [0.5, 0.6) is 0 Å². The van der Waals surface area contributed by atoms with E-state index in [4.69, 9.17) is 5.73 Å². The van der Waals surface area contributed by atoms with E-state index in [0.29, 0.717) is 12.1 Å². The summed E-state index contributed by atoms with van der Waals surface area (Å²) in [6.07, 6.45) is 4.15. The number of nitrogens with zero attached hydrogens (tertiary/aromatic N) is 1. The average Bonchev–Trinajstić information content (AvgIpc) is 2.40. The molecule has 0 saturated heterocycles. The molecule has 4 heteroatoms. The van der Waals surface area contributed by atoms with Crippen molar-refractivity contribution in [1.82, 2.24) is 4.98 Å². The van der Waals surface area contributed by atoms with Gasteiger partial charge < -0.3 is 11.1 Å². The van der Waals surface area contributed by atoms with E-state index in [1.807, 2.05) is 18.2 Å². The summed E-state index contributed by atoms with van der Waals surface area (Å²) in [4.78, 5) is 16.0. The molecule has 0 spiro atoms. The van der Waals surface area contributed by atoms with Crippen molar-refractivity contribution >= 4 is 28.2 Å². The fourth-order valence-electron chi connectivity index (χ4n) is 1.85. The second kappa shape index (κ2) is 5.49. The molecule has 0 atom stereocenters. The third kappa shape index (κ3) is 2.59. The number of nitrogens with two attached hydrogens (primary N) is 1. The third-order valence-electron chi connectivity index (χ3n) is 2.83. The van der Waals surface area contributed by atoms with Crippen LogP contribution in [0.25, 0.3) is 10.9 Å². The predicted molar refractivity (Wildman–Crippen MR) is 74.3 cm³/mol. The van der Waals surface area contributed by atoms with Gasteiger partial charge in [0.2, 0.25) is 5.91 Å². The molecular weight excluding hydrogens is 226 g/mol. The lowest BCUT2D eigenvalue weighted by Crippen LogP contribution is -2.11. The number of pyridine rings is 1. The monoisotopic (exact) mass is 243 g/mol. The number of fused-ring (bicyclic) bond motifs is 1. The molecule has 0 aliphatic rings. The van der Waals surface area contributed by atoms with Crippen molar-refractivity contribution < 1.29 is 4.79 Å². The van der Waals surface area contributed by atoms with Gasteiger partial charge in [0, 0.05) is 18.0 Å². The van der Waals surface area contributed by atoms with E-state index >= 15 is 0 Å². The van der Waals surface area contributed by atoms with Crippen LogP contribution in [-0.2, 0) is 4.79 Å². The summed E-state index contributed by atoms with van der Waals surface area (Å²) < 4.78 is 0. The molecule has 1 amide bonds. The Morgan fingerprint density at radius 1 is 1.39 bits per heavy atom. The Morgan fingerprint density at radius 3 is 3.00 bits per heavy atom. The molecule has 1 aromatic carbocycles. The lowest BCUT2D eigenvalue weighted by Gasteiger charge is -2.09. The van der Waals surface area contributed by atoms with E-state index in [1.54, 1.807) is 12.3 Å². The number of carbonyl (C=O) groups excluding carboxylic acids is 1. The smallest absolute Gasteiger partial charge is 0.224 e. The van der Waals surface area contributed by atoms with Crippen LogP contribution in [0.3, 0.4) is 0 Å². The van der Waals surface area contributed by atoms with E-state index in [9.17, 15) is 4.79 Å². The number of nitrogen functional groups attached to an aromatic ring is 1. The minimum Gasteiger partial charge on any atom is -0.397 e. The lowest BCUT2D eigenvalue weighted by atomic mass is 10.1. The van der Waals surface area contributed by atoms with Crippen LogP contribution < -0.4 is 11.1 Å². The molecule has 94 valence electrons. The predicted octanol–water partition coefficient (Wildman–Crippen LogP) is 2.95. The molecule has 0 saturated carbocycles. The van der Waals surface area contributed by atoms with E-state index in [0.717, 1.165) is 29.4 Å². The van der Waals surface area contributed by atoms with Crippen LogP contribution in [0, 0.1) is 0 Å². The lowest BCUT2D eigenvalue weighted by molar-refractivity contribution is -0.116. The Hall–Kier alpha value is -2.10. The SMILES string of the molecule is CCCCC(=O)Nc1ccc(N)c2ncccc12. The highest BCUT2D eigenvalue weighted by Gasteiger charge is 2.07. The first-order valence-electron chi connectivity index (χ1n) is 6.15. The van der Waals surface area contributed by atoms with Gasteiger partial charge in [-0.25, -0.2) is 0 Å². The zero-order chi connectivity index (χ0) is 13.0. The van der Waals surface area contributed by atoms with Gasteiger partial charge in [-0.2, -0.15) is 0 Å². The van der Waals surface area contributed by atoms with Crippen molar-refractivity contribution in [3.05, 3.63) is 30.5 Å². The number of unbranched alkanes of at least 4 members (excludes halogenated alkanes) is 1. The van der Waals surface area contributed by atoms with Crippen molar-refractivity contribution in [3.8, 4) is 0 Å². The van der Waals surface area contributed by atoms with Crippen LogP contribution in [0.15, 0.2) is 30.5 Å². The molecule has 18 heavy (non-hydrogen) atoms. The summed E-state index contributed by atoms with van der Waals surface area (Å²) in [5, 5.41) is 3.79. The summed E-state index contributed by atoms with van der Waals surface area (Å²) in [5.74, 6) is 0.0341. The Balaban J connectivity index is 2.29. The highest BCUT2D eigenvalue weighted by molar-refractivity contribution is 6.04. The maximum Gasteiger partial charge on any atom is 0.224 e. The number of aromatic nitrogens is 1. The standard InChI is InChI=1S/C14H17N3O/c1-2-3-6-13(18)17-12-8-7-11(15)14-10(12)5-4-9-16-14/h4-5,7-9H,2-3,6,15H2,1H3,(H,17,18). The van der Waals surface area contributed by atoms with Gasteiger partial charge in [0.1, 0.15) is 0 Å². The number of benzene rings is 1. The Labute approximate surface area is 106 Å². The average molecular weight is 243 g/mol. The second-order valence-corrected chi connectivity index (χ2v) is 4.25. The minimum atomic E-state index is 0.0341. The zero-order valence-corrected chi connectivity index (χ0v) is 10.4. The van der Waals surface area contributed by atoms with E-state index < -0.39 is 0 Å².